The second-order valence-corrected chi connectivity index (χ2v) is 5.97. The molecule has 6 heteroatoms. The molecule has 2 aliphatic rings. The third-order valence-corrected chi connectivity index (χ3v) is 4.65. The van der Waals surface area contributed by atoms with E-state index in [0.29, 0.717) is 25.9 Å². The van der Waals surface area contributed by atoms with Gasteiger partial charge in [-0.2, -0.15) is 0 Å². The van der Waals surface area contributed by atoms with Gasteiger partial charge < -0.3 is 20.0 Å². The van der Waals surface area contributed by atoms with E-state index >= 15 is 0 Å². The number of rotatable bonds is 5. The van der Waals surface area contributed by atoms with E-state index in [9.17, 15) is 14.7 Å². The zero-order valence-electron chi connectivity index (χ0n) is 12.0. The maximum Gasteiger partial charge on any atom is 0.329 e. The van der Waals surface area contributed by atoms with Gasteiger partial charge in [0.25, 0.3) is 0 Å². The van der Waals surface area contributed by atoms with Crippen molar-refractivity contribution in [2.24, 2.45) is 0 Å². The Morgan fingerprint density at radius 3 is 2.55 bits per heavy atom. The van der Waals surface area contributed by atoms with Gasteiger partial charge >= 0.3 is 12.0 Å². The van der Waals surface area contributed by atoms with Gasteiger partial charge in [-0.1, -0.05) is 0 Å². The lowest BCUT2D eigenvalue weighted by molar-refractivity contribution is -0.147. The molecule has 1 unspecified atom stereocenters. The normalized spacial score (nSPS) is 26.4. The number of hydrogen-bond donors (Lipinski definition) is 2. The van der Waals surface area contributed by atoms with Gasteiger partial charge in [0.1, 0.15) is 5.54 Å². The predicted molar refractivity (Wildman–Crippen MR) is 73.4 cm³/mol. The standard InChI is InChI=1S/C14H24N2O4/c1-14(12(18)19)7-3-9-16(14)13(20)15(8-4-10-17)11-5-2-6-11/h11,17H,2-10H2,1H3,(H,18,19). The largest absolute Gasteiger partial charge is 0.480 e. The van der Waals surface area contributed by atoms with Gasteiger partial charge in [-0.25, -0.2) is 9.59 Å². The van der Waals surface area contributed by atoms with Gasteiger partial charge in [0.2, 0.25) is 0 Å². The highest BCUT2D eigenvalue weighted by molar-refractivity contribution is 5.86. The van der Waals surface area contributed by atoms with Gasteiger partial charge in [-0.3, -0.25) is 0 Å². The minimum Gasteiger partial charge on any atom is -0.480 e. The fourth-order valence-corrected chi connectivity index (χ4v) is 3.02. The maximum atomic E-state index is 12.7. The van der Waals surface area contributed by atoms with Gasteiger partial charge in [0.05, 0.1) is 0 Å². The molecule has 0 aromatic carbocycles. The third kappa shape index (κ3) is 2.61. The number of amides is 2. The van der Waals surface area contributed by atoms with Crippen molar-refractivity contribution in [1.29, 1.82) is 0 Å². The Labute approximate surface area is 119 Å². The summed E-state index contributed by atoms with van der Waals surface area (Å²) in [6.07, 6.45) is 4.85. The summed E-state index contributed by atoms with van der Waals surface area (Å²) in [5, 5.41) is 18.4. The van der Waals surface area contributed by atoms with Crippen LogP contribution >= 0.6 is 0 Å². The minimum absolute atomic E-state index is 0.0483. The molecule has 2 fully saturated rings. The molecule has 1 atom stereocenters. The molecule has 0 aromatic rings. The Morgan fingerprint density at radius 2 is 2.05 bits per heavy atom. The van der Waals surface area contributed by atoms with Crippen LogP contribution in [0.25, 0.3) is 0 Å². The zero-order chi connectivity index (χ0) is 14.8. The molecule has 20 heavy (non-hydrogen) atoms. The number of aliphatic carboxylic acids is 1. The van der Waals surface area contributed by atoms with E-state index in [2.05, 4.69) is 0 Å². The highest BCUT2D eigenvalue weighted by Gasteiger charge is 2.48. The van der Waals surface area contributed by atoms with E-state index in [4.69, 9.17) is 5.11 Å². The second kappa shape index (κ2) is 5.99. The quantitative estimate of drug-likeness (QED) is 0.797. The Morgan fingerprint density at radius 1 is 1.35 bits per heavy atom. The van der Waals surface area contributed by atoms with Crippen molar-refractivity contribution < 1.29 is 19.8 Å². The first kappa shape index (κ1) is 15.1. The molecular formula is C14H24N2O4. The SMILES string of the molecule is CC1(C(=O)O)CCCN1C(=O)N(CCCO)C1CCC1. The summed E-state index contributed by atoms with van der Waals surface area (Å²) in [6.45, 7) is 2.69. The Bertz CT molecular complexity index is 383. The van der Waals surface area contributed by atoms with Crippen molar-refractivity contribution >= 4 is 12.0 Å². The number of carbonyl (C=O) groups excluding carboxylic acids is 1. The molecule has 6 nitrogen and oxygen atoms in total. The van der Waals surface area contributed by atoms with Crippen LogP contribution in [0.4, 0.5) is 4.79 Å². The first-order valence-electron chi connectivity index (χ1n) is 7.43. The number of carboxylic acids is 1. The molecule has 0 aromatic heterocycles. The molecule has 1 aliphatic carbocycles. The zero-order valence-corrected chi connectivity index (χ0v) is 12.0. The van der Waals surface area contributed by atoms with Crippen LogP contribution in [0.2, 0.25) is 0 Å². The van der Waals surface area contributed by atoms with Crippen molar-refractivity contribution in [3.63, 3.8) is 0 Å². The molecule has 1 heterocycles. The van der Waals surface area contributed by atoms with Gasteiger partial charge in [-0.15, -0.1) is 0 Å². The monoisotopic (exact) mass is 284 g/mol. The fourth-order valence-electron chi connectivity index (χ4n) is 3.02. The van der Waals surface area contributed by atoms with Crippen LogP contribution in [-0.4, -0.2) is 63.3 Å². The van der Waals surface area contributed by atoms with E-state index in [-0.39, 0.29) is 18.7 Å². The van der Waals surface area contributed by atoms with Crippen molar-refractivity contribution in [1.82, 2.24) is 9.80 Å². The molecule has 1 saturated carbocycles. The average Bonchev–Trinajstić information content (AvgIpc) is 2.74. The molecule has 1 saturated heterocycles. The lowest BCUT2D eigenvalue weighted by atomic mass is 9.91. The predicted octanol–water partition coefficient (Wildman–Crippen LogP) is 1.28. The molecule has 1 aliphatic heterocycles. The van der Waals surface area contributed by atoms with Crippen molar-refractivity contribution in [2.75, 3.05) is 19.7 Å². The summed E-state index contributed by atoms with van der Waals surface area (Å²) in [7, 11) is 0. The highest BCUT2D eigenvalue weighted by Crippen LogP contribution is 2.33. The molecule has 2 amide bonds. The average molecular weight is 284 g/mol. The van der Waals surface area contributed by atoms with Crippen LogP contribution in [0.15, 0.2) is 0 Å². The minimum atomic E-state index is -1.09. The lowest BCUT2D eigenvalue weighted by Gasteiger charge is -2.42. The van der Waals surface area contributed by atoms with E-state index in [0.717, 1.165) is 25.7 Å². The summed E-state index contributed by atoms with van der Waals surface area (Å²) < 4.78 is 0. The van der Waals surface area contributed by atoms with Crippen LogP contribution in [0.1, 0.15) is 45.4 Å². The maximum absolute atomic E-state index is 12.7. The van der Waals surface area contributed by atoms with Crippen LogP contribution in [-0.2, 0) is 4.79 Å². The van der Waals surface area contributed by atoms with Crippen molar-refractivity contribution in [3.8, 4) is 0 Å². The number of aliphatic hydroxyl groups excluding tert-OH is 1. The molecular weight excluding hydrogens is 260 g/mol. The lowest BCUT2D eigenvalue weighted by Crippen LogP contribution is -2.58. The summed E-state index contributed by atoms with van der Waals surface area (Å²) >= 11 is 0. The third-order valence-electron chi connectivity index (χ3n) is 4.65. The summed E-state index contributed by atoms with van der Waals surface area (Å²) in [5.41, 5.74) is -1.09. The molecule has 0 radical (unpaired) electrons. The van der Waals surface area contributed by atoms with Gasteiger partial charge in [0.15, 0.2) is 0 Å². The molecule has 2 N–H and O–H groups in total. The fraction of sp³-hybridized carbons (Fsp3) is 0.857. The number of hydrogen-bond acceptors (Lipinski definition) is 3. The molecule has 2 rings (SSSR count). The van der Waals surface area contributed by atoms with E-state index in [1.54, 1.807) is 11.8 Å². The van der Waals surface area contributed by atoms with Crippen molar-refractivity contribution in [2.45, 2.75) is 57.0 Å². The summed E-state index contributed by atoms with van der Waals surface area (Å²) in [4.78, 5) is 27.5. The Hall–Kier alpha value is -1.30. The number of aliphatic hydroxyl groups is 1. The molecule has 0 spiro atoms. The molecule has 114 valence electrons. The highest BCUT2D eigenvalue weighted by atomic mass is 16.4. The Balaban J connectivity index is 2.11. The number of nitrogens with zero attached hydrogens (tertiary/aromatic N) is 2. The van der Waals surface area contributed by atoms with E-state index in [1.165, 1.54) is 4.90 Å². The van der Waals surface area contributed by atoms with Crippen LogP contribution in [0.5, 0.6) is 0 Å². The number of carboxylic acid groups (broad SMARTS) is 1. The van der Waals surface area contributed by atoms with Gasteiger partial charge in [-0.05, 0) is 45.4 Å². The van der Waals surface area contributed by atoms with Crippen LogP contribution < -0.4 is 0 Å². The smallest absolute Gasteiger partial charge is 0.329 e. The van der Waals surface area contributed by atoms with E-state index < -0.39 is 11.5 Å². The van der Waals surface area contributed by atoms with Crippen molar-refractivity contribution in [3.05, 3.63) is 0 Å². The first-order valence-corrected chi connectivity index (χ1v) is 7.43. The second-order valence-electron chi connectivity index (χ2n) is 5.97. The molecule has 0 bridgehead atoms. The number of urea groups is 1. The number of carbonyl (C=O) groups is 2. The van der Waals surface area contributed by atoms with Crippen LogP contribution in [0.3, 0.4) is 0 Å². The first-order chi connectivity index (χ1) is 9.50. The van der Waals surface area contributed by atoms with E-state index in [1.807, 2.05) is 0 Å². The summed E-state index contributed by atoms with van der Waals surface area (Å²) in [5.74, 6) is -0.931. The Kier molecular flexibility index (Phi) is 4.52. The van der Waals surface area contributed by atoms with Gasteiger partial charge in [0, 0.05) is 25.7 Å². The number of likely N-dealkylation sites (tertiary alicyclic amines) is 1. The summed E-state index contributed by atoms with van der Waals surface area (Å²) in [6, 6.07) is 0.0400. The topological polar surface area (TPSA) is 81.1 Å². The van der Waals surface area contributed by atoms with Crippen LogP contribution in [0, 0.1) is 0 Å².